The van der Waals surface area contributed by atoms with Gasteiger partial charge >= 0.3 is 12.1 Å². The minimum absolute atomic E-state index is 0.0905. The Kier molecular flexibility index (Phi) is 6.54. The molecule has 5 nitrogen and oxygen atoms in total. The first-order chi connectivity index (χ1) is 14.3. The Morgan fingerprint density at radius 3 is 2.70 bits per heavy atom. The van der Waals surface area contributed by atoms with Crippen molar-refractivity contribution < 1.29 is 27.8 Å². The van der Waals surface area contributed by atoms with Gasteiger partial charge in [0.05, 0.1) is 23.9 Å². The number of anilines is 1. The second kappa shape index (κ2) is 9.11. The fraction of sp³-hybridized carbons (Fsp3) is 0.100. The van der Waals surface area contributed by atoms with E-state index in [1.807, 2.05) is 0 Å². The lowest BCUT2D eigenvalue weighted by Gasteiger charge is -2.10. The molecule has 3 rings (SSSR count). The Morgan fingerprint density at radius 2 is 2.00 bits per heavy atom. The minimum atomic E-state index is -4.48. The Hall–Kier alpha value is -3.16. The summed E-state index contributed by atoms with van der Waals surface area (Å²) in [6, 6.07) is 9.50. The molecule has 2 aromatic carbocycles. The van der Waals surface area contributed by atoms with Crippen LogP contribution in [0.4, 0.5) is 18.9 Å². The summed E-state index contributed by atoms with van der Waals surface area (Å²) < 4.78 is 47.3. The number of carbonyl (C=O) groups is 1. The number of alkyl halides is 3. The van der Waals surface area contributed by atoms with E-state index in [2.05, 4.69) is 21.5 Å². The lowest BCUT2D eigenvalue weighted by atomic mass is 10.1. The Balaban J connectivity index is 1.72. The van der Waals surface area contributed by atoms with Crippen LogP contribution in [0.1, 0.15) is 26.5 Å². The lowest BCUT2D eigenvalue weighted by Crippen LogP contribution is -2.07. The third kappa shape index (κ3) is 5.25. The number of benzene rings is 2. The van der Waals surface area contributed by atoms with E-state index in [0.29, 0.717) is 21.5 Å². The van der Waals surface area contributed by atoms with E-state index >= 15 is 0 Å². The average Bonchev–Trinajstić information content (AvgIpc) is 3.18. The number of aromatic nitrogens is 1. The summed E-state index contributed by atoms with van der Waals surface area (Å²) in [5, 5.41) is 11.7. The van der Waals surface area contributed by atoms with Crippen LogP contribution in [0.25, 0.3) is 0 Å². The number of carboxylic acid groups (broad SMARTS) is 1. The monoisotopic (exact) mass is 450 g/mol. The van der Waals surface area contributed by atoms with Gasteiger partial charge in [-0.1, -0.05) is 18.1 Å². The van der Waals surface area contributed by atoms with E-state index in [1.54, 1.807) is 11.4 Å². The summed E-state index contributed by atoms with van der Waals surface area (Å²) >= 11 is 2.34. The molecule has 0 bridgehead atoms. The molecule has 0 saturated heterocycles. The largest absolute Gasteiger partial charge is 0.495 e. The molecule has 0 aliphatic rings. The molecular weight excluding hydrogens is 437 g/mol. The number of methoxy groups -OCH3 is 1. The molecular formula is C20H13F3N2O3S2. The van der Waals surface area contributed by atoms with Gasteiger partial charge in [0.25, 0.3) is 0 Å². The number of aromatic carboxylic acids is 1. The van der Waals surface area contributed by atoms with Gasteiger partial charge in [-0.05, 0) is 36.3 Å². The topological polar surface area (TPSA) is 71.5 Å². The van der Waals surface area contributed by atoms with Gasteiger partial charge in [-0.3, -0.25) is 0 Å². The number of hydrogen-bond acceptors (Lipinski definition) is 6. The third-order valence-electron chi connectivity index (χ3n) is 3.73. The number of ether oxygens (including phenoxy) is 1. The highest BCUT2D eigenvalue weighted by Gasteiger charge is 2.32. The summed E-state index contributed by atoms with van der Waals surface area (Å²) in [4.78, 5) is 15.3. The molecule has 0 spiro atoms. The van der Waals surface area contributed by atoms with Crippen molar-refractivity contribution >= 4 is 34.9 Å². The maximum atomic E-state index is 13.0. The van der Waals surface area contributed by atoms with Crippen molar-refractivity contribution in [3.05, 3.63) is 69.5 Å². The van der Waals surface area contributed by atoms with Crippen LogP contribution in [-0.2, 0) is 6.18 Å². The molecule has 0 aliphatic carbocycles. The second-order valence-corrected chi connectivity index (χ2v) is 7.39. The van der Waals surface area contributed by atoms with Crippen LogP contribution in [0.2, 0.25) is 0 Å². The zero-order valence-electron chi connectivity index (χ0n) is 15.3. The maximum absolute atomic E-state index is 13.0. The fourth-order valence-corrected chi connectivity index (χ4v) is 3.78. The normalized spacial score (nSPS) is 10.8. The second-order valence-electron chi connectivity index (χ2n) is 5.71. The summed E-state index contributed by atoms with van der Waals surface area (Å²) in [6.07, 6.45) is -4.48. The molecule has 0 saturated carbocycles. The molecule has 30 heavy (non-hydrogen) atoms. The van der Waals surface area contributed by atoms with E-state index in [9.17, 15) is 18.0 Å². The number of hydrogen-bond donors (Lipinski definition) is 2. The van der Waals surface area contributed by atoms with Crippen molar-refractivity contribution in [2.45, 2.75) is 11.2 Å². The number of halogens is 3. The quantitative estimate of drug-likeness (QED) is 0.401. The van der Waals surface area contributed by atoms with Gasteiger partial charge in [0.15, 0.2) is 5.01 Å². The van der Waals surface area contributed by atoms with Crippen molar-refractivity contribution in [3.63, 3.8) is 0 Å². The Labute approximate surface area is 178 Å². The minimum Gasteiger partial charge on any atom is -0.495 e. The van der Waals surface area contributed by atoms with Crippen LogP contribution in [0, 0.1) is 11.8 Å². The fourth-order valence-electron chi connectivity index (χ4n) is 2.34. The van der Waals surface area contributed by atoms with Gasteiger partial charge in [-0.25, -0.2) is 9.78 Å². The number of carboxylic acids is 1. The van der Waals surface area contributed by atoms with E-state index in [1.165, 1.54) is 48.8 Å². The average molecular weight is 450 g/mol. The Bertz CT molecular complexity index is 1130. The zero-order valence-corrected chi connectivity index (χ0v) is 16.9. The number of nitrogens with one attached hydrogen (secondary N) is 1. The third-order valence-corrected chi connectivity index (χ3v) is 5.38. The smallest absolute Gasteiger partial charge is 0.417 e. The first kappa shape index (κ1) is 21.5. The molecule has 2 N–H and O–H groups in total. The molecule has 10 heteroatoms. The van der Waals surface area contributed by atoms with Crippen LogP contribution in [0.3, 0.4) is 0 Å². The highest BCUT2D eigenvalue weighted by atomic mass is 32.2. The number of thiazole rings is 1. The predicted octanol–water partition coefficient (Wildman–Crippen LogP) is 5.39. The van der Waals surface area contributed by atoms with E-state index in [4.69, 9.17) is 9.84 Å². The first-order valence-corrected chi connectivity index (χ1v) is 9.95. The molecule has 1 heterocycles. The summed E-state index contributed by atoms with van der Waals surface area (Å²) in [5.74, 6) is 4.47. The van der Waals surface area contributed by atoms with E-state index < -0.39 is 17.7 Å². The molecule has 0 atom stereocenters. The van der Waals surface area contributed by atoms with Crippen LogP contribution in [0.5, 0.6) is 5.75 Å². The SMILES string of the molecule is COc1cc(C(=O)O)ccc1NSc1csc(C#Cc2ccccc2C(F)(F)F)n1. The molecule has 3 aromatic rings. The van der Waals surface area contributed by atoms with Crippen LogP contribution in [0.15, 0.2) is 52.9 Å². The van der Waals surface area contributed by atoms with E-state index in [0.717, 1.165) is 18.0 Å². The van der Waals surface area contributed by atoms with Crippen molar-refractivity contribution in [2.75, 3.05) is 11.8 Å². The van der Waals surface area contributed by atoms with Gasteiger partial charge in [-0.15, -0.1) is 11.3 Å². The van der Waals surface area contributed by atoms with Crippen LogP contribution >= 0.6 is 23.3 Å². The molecule has 0 radical (unpaired) electrons. The van der Waals surface area contributed by atoms with Gasteiger partial charge in [0.1, 0.15) is 10.8 Å². The van der Waals surface area contributed by atoms with Gasteiger partial charge in [0.2, 0.25) is 0 Å². The van der Waals surface area contributed by atoms with Crippen molar-refractivity contribution in [1.29, 1.82) is 0 Å². The van der Waals surface area contributed by atoms with Gasteiger partial charge < -0.3 is 14.6 Å². The highest BCUT2D eigenvalue weighted by Crippen LogP contribution is 2.32. The standard InChI is InChI=1S/C20H13F3N2O3S2/c1-28-16-10-13(19(26)27)6-8-15(16)25-30-18-11-29-17(24-18)9-7-12-4-2-3-5-14(12)20(21,22)23/h2-6,8,10-11,25H,1H3,(H,26,27). The van der Waals surface area contributed by atoms with Crippen molar-refractivity contribution in [3.8, 4) is 17.6 Å². The van der Waals surface area contributed by atoms with Gasteiger partial charge in [-0.2, -0.15) is 13.2 Å². The Morgan fingerprint density at radius 1 is 1.23 bits per heavy atom. The van der Waals surface area contributed by atoms with Crippen molar-refractivity contribution in [1.82, 2.24) is 4.98 Å². The predicted molar refractivity (Wildman–Crippen MR) is 109 cm³/mol. The molecule has 0 aliphatic heterocycles. The van der Waals surface area contributed by atoms with Crippen molar-refractivity contribution in [2.24, 2.45) is 0 Å². The highest BCUT2D eigenvalue weighted by molar-refractivity contribution is 8.00. The van der Waals surface area contributed by atoms with Crippen LogP contribution in [-0.4, -0.2) is 23.2 Å². The van der Waals surface area contributed by atoms with Crippen LogP contribution < -0.4 is 9.46 Å². The molecule has 0 amide bonds. The summed E-state index contributed by atoms with van der Waals surface area (Å²) in [7, 11) is 1.42. The summed E-state index contributed by atoms with van der Waals surface area (Å²) in [5.41, 5.74) is -0.266. The van der Waals surface area contributed by atoms with Gasteiger partial charge in [0, 0.05) is 22.9 Å². The summed E-state index contributed by atoms with van der Waals surface area (Å²) in [6.45, 7) is 0. The number of nitrogens with zero attached hydrogens (tertiary/aromatic N) is 1. The zero-order chi connectivity index (χ0) is 21.7. The molecule has 0 fully saturated rings. The lowest BCUT2D eigenvalue weighted by molar-refractivity contribution is -0.137. The maximum Gasteiger partial charge on any atom is 0.417 e. The first-order valence-electron chi connectivity index (χ1n) is 8.26. The van der Waals surface area contributed by atoms with E-state index in [-0.39, 0.29) is 11.1 Å². The number of rotatable bonds is 5. The molecule has 154 valence electrons. The molecule has 1 aromatic heterocycles. The molecule has 0 unspecified atom stereocenters.